The molecule has 0 aromatic heterocycles. The number of nitrogens with zero attached hydrogens (tertiary/aromatic N) is 1. The third kappa shape index (κ3) is 3.88. The lowest BCUT2D eigenvalue weighted by atomic mass is 9.45. The first-order chi connectivity index (χ1) is 14.9. The Morgan fingerprint density at radius 2 is 1.81 bits per heavy atom. The second-order valence-electron chi connectivity index (χ2n) is 11.7. The number of morpholine rings is 1. The number of rotatable bonds is 4. The Balaban J connectivity index is 1.22. The van der Waals surface area contributed by atoms with Crippen molar-refractivity contribution in [3.05, 3.63) is 0 Å². The number of Topliss-reactive ketones (excluding diaryl/α,β-unsaturated/α-hetero) is 1. The molecule has 4 saturated carbocycles. The molecular formula is C26H41NO4. The number of hydrogen-bond donors (Lipinski definition) is 0. The Hall–Kier alpha value is -0.940. The Kier molecular flexibility index (Phi) is 5.96. The van der Waals surface area contributed by atoms with E-state index < -0.39 is 0 Å². The zero-order chi connectivity index (χ0) is 21.6. The van der Waals surface area contributed by atoms with Crippen molar-refractivity contribution in [2.45, 2.75) is 84.2 Å². The van der Waals surface area contributed by atoms with Crippen molar-refractivity contribution < 1.29 is 19.1 Å². The zero-order valence-corrected chi connectivity index (χ0v) is 19.6. The number of hydrogen-bond acceptors (Lipinski definition) is 5. The molecule has 5 heteroatoms. The summed E-state index contributed by atoms with van der Waals surface area (Å²) < 4.78 is 11.6. The summed E-state index contributed by atoms with van der Waals surface area (Å²) in [7, 11) is 0. The second-order valence-corrected chi connectivity index (χ2v) is 11.7. The minimum absolute atomic E-state index is 0.0121. The van der Waals surface area contributed by atoms with Gasteiger partial charge in [-0.15, -0.1) is 0 Å². The number of ketones is 1. The van der Waals surface area contributed by atoms with E-state index in [9.17, 15) is 9.59 Å². The van der Waals surface area contributed by atoms with Gasteiger partial charge in [-0.3, -0.25) is 14.5 Å². The molecule has 0 unspecified atom stereocenters. The molecule has 5 fully saturated rings. The summed E-state index contributed by atoms with van der Waals surface area (Å²) in [5.41, 5.74) is 0.495. The fraction of sp³-hybridized carbons (Fsp3) is 0.923. The van der Waals surface area contributed by atoms with Crippen molar-refractivity contribution in [3.63, 3.8) is 0 Å². The van der Waals surface area contributed by atoms with E-state index in [1.165, 1.54) is 32.1 Å². The first-order valence-corrected chi connectivity index (χ1v) is 12.9. The monoisotopic (exact) mass is 431 g/mol. The summed E-state index contributed by atoms with van der Waals surface area (Å²) in [5.74, 6) is 3.28. The molecule has 0 aromatic carbocycles. The van der Waals surface area contributed by atoms with Gasteiger partial charge >= 0.3 is 5.97 Å². The lowest BCUT2D eigenvalue weighted by Crippen LogP contribution is -2.54. The first-order valence-electron chi connectivity index (χ1n) is 12.9. The minimum Gasteiger partial charge on any atom is -0.462 e. The summed E-state index contributed by atoms with van der Waals surface area (Å²) in [4.78, 5) is 27.1. The molecule has 5 nitrogen and oxygen atoms in total. The van der Waals surface area contributed by atoms with Crippen LogP contribution in [-0.2, 0) is 19.1 Å². The molecule has 31 heavy (non-hydrogen) atoms. The van der Waals surface area contributed by atoms with Crippen molar-refractivity contribution in [2.75, 3.05) is 32.8 Å². The van der Waals surface area contributed by atoms with Crippen LogP contribution in [0.3, 0.4) is 0 Å². The molecule has 1 heterocycles. The fourth-order valence-electron chi connectivity index (χ4n) is 8.48. The van der Waals surface area contributed by atoms with E-state index >= 15 is 0 Å². The Morgan fingerprint density at radius 1 is 1.03 bits per heavy atom. The van der Waals surface area contributed by atoms with E-state index in [1.54, 1.807) is 0 Å². The van der Waals surface area contributed by atoms with Crippen LogP contribution < -0.4 is 0 Å². The second kappa shape index (κ2) is 8.44. The van der Waals surface area contributed by atoms with E-state index in [0.29, 0.717) is 29.5 Å². The largest absolute Gasteiger partial charge is 0.462 e. The molecule has 1 saturated heterocycles. The van der Waals surface area contributed by atoms with Gasteiger partial charge in [0, 0.05) is 37.9 Å². The SMILES string of the molecule is C[C@]12CCC(=O)C[C@H]1CC[C@@H]1[C@H]3CC[C@H](OC(=O)CCN4CCOCC4)[C@@]3(C)CC[C@@H]12. The smallest absolute Gasteiger partial charge is 0.307 e. The van der Waals surface area contributed by atoms with Crippen LogP contribution in [0.2, 0.25) is 0 Å². The topological polar surface area (TPSA) is 55.8 Å². The molecule has 0 spiro atoms. The van der Waals surface area contributed by atoms with Crippen molar-refractivity contribution in [3.8, 4) is 0 Å². The molecule has 0 radical (unpaired) electrons. The molecule has 5 aliphatic rings. The van der Waals surface area contributed by atoms with Crippen molar-refractivity contribution >= 4 is 11.8 Å². The predicted molar refractivity (Wildman–Crippen MR) is 118 cm³/mol. The standard InChI is InChI=1S/C26H41NO4/c1-25-10-7-19(28)17-18(25)3-4-20-21-5-6-23(26(21,2)11-8-22(20)25)31-24(29)9-12-27-13-15-30-16-14-27/h18,20-23H,3-17H2,1-2H3/t18-,20-,21-,22+,23+,25+,26+/m1/s1. The Morgan fingerprint density at radius 3 is 2.61 bits per heavy atom. The number of carbonyl (C=O) groups is 2. The molecule has 0 N–H and O–H groups in total. The maximum atomic E-state index is 12.7. The molecule has 7 atom stereocenters. The average molecular weight is 432 g/mol. The minimum atomic E-state index is -0.0121. The van der Waals surface area contributed by atoms with Gasteiger partial charge in [-0.25, -0.2) is 0 Å². The van der Waals surface area contributed by atoms with E-state index in [0.717, 1.165) is 70.4 Å². The van der Waals surface area contributed by atoms with Crippen LogP contribution in [0.4, 0.5) is 0 Å². The number of fused-ring (bicyclic) bond motifs is 5. The summed E-state index contributed by atoms with van der Waals surface area (Å²) in [6.07, 6.45) is 10.5. The van der Waals surface area contributed by atoms with Crippen LogP contribution in [0, 0.1) is 34.5 Å². The molecule has 0 bridgehead atoms. The normalized spacial score (nSPS) is 45.5. The Labute approximate surface area is 187 Å². The van der Waals surface area contributed by atoms with Crippen molar-refractivity contribution in [1.82, 2.24) is 4.90 Å². The summed E-state index contributed by atoms with van der Waals surface area (Å²) in [5, 5.41) is 0. The van der Waals surface area contributed by atoms with Crippen LogP contribution in [0.15, 0.2) is 0 Å². The van der Waals surface area contributed by atoms with Gasteiger partial charge in [0.1, 0.15) is 11.9 Å². The highest BCUT2D eigenvalue weighted by Crippen LogP contribution is 2.66. The van der Waals surface area contributed by atoms with Crippen molar-refractivity contribution in [1.29, 1.82) is 0 Å². The third-order valence-electron chi connectivity index (χ3n) is 10.4. The van der Waals surface area contributed by atoms with E-state index in [-0.39, 0.29) is 17.5 Å². The van der Waals surface area contributed by atoms with Crippen LogP contribution in [0.5, 0.6) is 0 Å². The van der Waals surface area contributed by atoms with Crippen LogP contribution >= 0.6 is 0 Å². The van der Waals surface area contributed by atoms with Crippen molar-refractivity contribution in [2.24, 2.45) is 34.5 Å². The van der Waals surface area contributed by atoms with Gasteiger partial charge in [0.2, 0.25) is 0 Å². The lowest BCUT2D eigenvalue weighted by Gasteiger charge is -2.60. The zero-order valence-electron chi connectivity index (χ0n) is 19.6. The average Bonchev–Trinajstić information content (AvgIpc) is 3.10. The Bertz CT molecular complexity index is 704. The first kappa shape index (κ1) is 21.9. The summed E-state index contributed by atoms with van der Waals surface area (Å²) >= 11 is 0. The third-order valence-corrected chi connectivity index (χ3v) is 10.4. The lowest BCUT2D eigenvalue weighted by molar-refractivity contribution is -0.164. The van der Waals surface area contributed by atoms with Gasteiger partial charge in [-0.05, 0) is 74.0 Å². The molecule has 174 valence electrons. The van der Waals surface area contributed by atoms with Gasteiger partial charge in [0.25, 0.3) is 0 Å². The van der Waals surface area contributed by atoms with E-state index in [4.69, 9.17) is 9.47 Å². The van der Waals surface area contributed by atoms with Crippen LogP contribution in [0.1, 0.15) is 78.1 Å². The molecule has 5 rings (SSSR count). The molecule has 1 aliphatic heterocycles. The van der Waals surface area contributed by atoms with E-state index in [2.05, 4.69) is 18.7 Å². The maximum absolute atomic E-state index is 12.7. The molecule has 0 amide bonds. The summed E-state index contributed by atoms with van der Waals surface area (Å²) in [6.45, 7) is 9.09. The van der Waals surface area contributed by atoms with Gasteiger partial charge in [-0.1, -0.05) is 13.8 Å². The predicted octanol–water partition coefficient (Wildman–Crippen LogP) is 4.23. The van der Waals surface area contributed by atoms with Gasteiger partial charge in [0.05, 0.1) is 19.6 Å². The highest BCUT2D eigenvalue weighted by Gasteiger charge is 2.61. The maximum Gasteiger partial charge on any atom is 0.307 e. The number of ether oxygens (including phenoxy) is 2. The van der Waals surface area contributed by atoms with Gasteiger partial charge < -0.3 is 9.47 Å². The van der Waals surface area contributed by atoms with E-state index in [1.807, 2.05) is 0 Å². The number of carbonyl (C=O) groups excluding carboxylic acids is 2. The van der Waals surface area contributed by atoms with Crippen LogP contribution in [0.25, 0.3) is 0 Å². The van der Waals surface area contributed by atoms with Gasteiger partial charge in [0.15, 0.2) is 0 Å². The molecular weight excluding hydrogens is 390 g/mol. The highest BCUT2D eigenvalue weighted by molar-refractivity contribution is 5.79. The quantitative estimate of drug-likeness (QED) is 0.624. The highest BCUT2D eigenvalue weighted by atomic mass is 16.5. The molecule has 4 aliphatic carbocycles. The molecule has 0 aromatic rings. The van der Waals surface area contributed by atoms with Gasteiger partial charge in [-0.2, -0.15) is 0 Å². The fourth-order valence-corrected chi connectivity index (χ4v) is 8.48. The van der Waals surface area contributed by atoms with Crippen LogP contribution in [-0.4, -0.2) is 55.6 Å². The number of esters is 1. The summed E-state index contributed by atoms with van der Waals surface area (Å²) in [6, 6.07) is 0.